The highest BCUT2D eigenvalue weighted by atomic mass is 32.2. The molecule has 0 aliphatic heterocycles. The summed E-state index contributed by atoms with van der Waals surface area (Å²) in [5, 5.41) is 2.78. The van der Waals surface area contributed by atoms with Crippen molar-refractivity contribution in [3.63, 3.8) is 0 Å². The number of carbonyl (C=O) groups excluding carboxylic acids is 1. The molecule has 2 aromatic carbocycles. The van der Waals surface area contributed by atoms with Crippen LogP contribution in [-0.4, -0.2) is 27.5 Å². The fraction of sp³-hybridized carbons (Fsp3) is 0.316. The molecule has 140 valence electrons. The highest BCUT2D eigenvalue weighted by molar-refractivity contribution is 7.89. The van der Waals surface area contributed by atoms with Crippen molar-refractivity contribution in [2.75, 3.05) is 7.11 Å². The topological polar surface area (TPSA) is 84.5 Å². The van der Waals surface area contributed by atoms with Crippen molar-refractivity contribution in [3.8, 4) is 5.75 Å². The van der Waals surface area contributed by atoms with Crippen LogP contribution in [0.3, 0.4) is 0 Å². The van der Waals surface area contributed by atoms with Crippen LogP contribution in [-0.2, 0) is 21.4 Å². The molecule has 1 amide bonds. The molecule has 0 aromatic heterocycles. The molecule has 2 rings (SSSR count). The predicted molar refractivity (Wildman–Crippen MR) is 100 cm³/mol. The van der Waals surface area contributed by atoms with E-state index in [1.807, 2.05) is 24.3 Å². The van der Waals surface area contributed by atoms with Gasteiger partial charge in [0.25, 0.3) is 0 Å². The van der Waals surface area contributed by atoms with Crippen LogP contribution >= 0.6 is 0 Å². The van der Waals surface area contributed by atoms with Gasteiger partial charge in [0.05, 0.1) is 12.0 Å². The molecule has 2 aromatic rings. The first kappa shape index (κ1) is 19.9. The van der Waals surface area contributed by atoms with Gasteiger partial charge in [0.1, 0.15) is 11.8 Å². The Morgan fingerprint density at radius 1 is 1.08 bits per heavy atom. The Hall–Kier alpha value is -2.38. The lowest BCUT2D eigenvalue weighted by molar-refractivity contribution is -0.123. The first-order valence-corrected chi connectivity index (χ1v) is 9.80. The number of carbonyl (C=O) groups is 1. The van der Waals surface area contributed by atoms with Crippen molar-refractivity contribution in [3.05, 3.63) is 60.2 Å². The van der Waals surface area contributed by atoms with E-state index in [1.54, 1.807) is 39.2 Å². The van der Waals surface area contributed by atoms with Crippen molar-refractivity contribution < 1.29 is 17.9 Å². The van der Waals surface area contributed by atoms with Gasteiger partial charge < -0.3 is 10.1 Å². The zero-order valence-electron chi connectivity index (χ0n) is 15.1. The second kappa shape index (κ2) is 8.82. The Bertz CT molecular complexity index is 836. The predicted octanol–water partition coefficient (Wildman–Crippen LogP) is 2.31. The van der Waals surface area contributed by atoms with Crippen LogP contribution in [0, 0.1) is 5.92 Å². The highest BCUT2D eigenvalue weighted by Crippen LogP contribution is 2.14. The lowest BCUT2D eigenvalue weighted by atomic mass is 10.0. The summed E-state index contributed by atoms with van der Waals surface area (Å²) in [6.07, 6.45) is 0. The maximum absolute atomic E-state index is 12.6. The molecule has 0 spiro atoms. The van der Waals surface area contributed by atoms with E-state index in [4.69, 9.17) is 4.74 Å². The minimum atomic E-state index is -3.77. The lowest BCUT2D eigenvalue weighted by Gasteiger charge is -2.21. The first-order valence-electron chi connectivity index (χ1n) is 8.31. The molecule has 0 radical (unpaired) electrons. The van der Waals surface area contributed by atoms with Crippen molar-refractivity contribution in [1.29, 1.82) is 0 Å². The molecule has 0 saturated carbocycles. The van der Waals surface area contributed by atoms with Crippen LogP contribution in [0.1, 0.15) is 19.4 Å². The van der Waals surface area contributed by atoms with Crippen LogP contribution in [0.5, 0.6) is 5.75 Å². The average Bonchev–Trinajstić information content (AvgIpc) is 2.65. The maximum atomic E-state index is 12.6. The standard InChI is InChI=1S/C19H24N2O4S/c1-14(2)18(21-26(23,24)17-10-5-4-6-11-17)19(22)20-13-15-8-7-9-16(12-15)25-3/h4-12,14,18,21H,13H2,1-3H3,(H,20,22)/t18-/m0/s1. The zero-order chi connectivity index (χ0) is 19.2. The molecule has 0 aliphatic carbocycles. The van der Waals surface area contributed by atoms with Crippen LogP contribution in [0.25, 0.3) is 0 Å². The Morgan fingerprint density at radius 2 is 1.77 bits per heavy atom. The number of amides is 1. The fourth-order valence-electron chi connectivity index (χ4n) is 2.41. The smallest absolute Gasteiger partial charge is 0.241 e. The number of ether oxygens (including phenoxy) is 1. The van der Waals surface area contributed by atoms with Gasteiger partial charge >= 0.3 is 0 Å². The van der Waals surface area contributed by atoms with Crippen LogP contribution < -0.4 is 14.8 Å². The molecule has 0 aliphatic rings. The van der Waals surface area contributed by atoms with Gasteiger partial charge in [-0.25, -0.2) is 8.42 Å². The summed E-state index contributed by atoms with van der Waals surface area (Å²) < 4.78 is 32.7. The van der Waals surface area contributed by atoms with Gasteiger partial charge in [-0.1, -0.05) is 44.2 Å². The van der Waals surface area contributed by atoms with E-state index in [2.05, 4.69) is 10.0 Å². The SMILES string of the molecule is COc1cccc(CNC(=O)[C@@H](NS(=O)(=O)c2ccccc2)C(C)C)c1. The normalized spacial score (nSPS) is 12.6. The molecule has 0 heterocycles. The fourth-order valence-corrected chi connectivity index (χ4v) is 3.77. The van der Waals surface area contributed by atoms with Crippen molar-refractivity contribution >= 4 is 15.9 Å². The van der Waals surface area contributed by atoms with Gasteiger partial charge in [-0.2, -0.15) is 4.72 Å². The van der Waals surface area contributed by atoms with E-state index in [9.17, 15) is 13.2 Å². The summed E-state index contributed by atoms with van der Waals surface area (Å²) >= 11 is 0. The molecule has 2 N–H and O–H groups in total. The van der Waals surface area contributed by atoms with E-state index >= 15 is 0 Å². The van der Waals surface area contributed by atoms with E-state index < -0.39 is 16.1 Å². The van der Waals surface area contributed by atoms with Crippen molar-refractivity contribution in [2.24, 2.45) is 5.92 Å². The average molecular weight is 376 g/mol. The van der Waals surface area contributed by atoms with E-state index in [0.29, 0.717) is 5.75 Å². The molecule has 0 saturated heterocycles. The number of benzene rings is 2. The van der Waals surface area contributed by atoms with Gasteiger partial charge in [0.2, 0.25) is 15.9 Å². The van der Waals surface area contributed by atoms with Gasteiger partial charge in [0.15, 0.2) is 0 Å². The van der Waals surface area contributed by atoms with Gasteiger partial charge in [-0.05, 0) is 35.7 Å². The molecule has 0 unspecified atom stereocenters. The lowest BCUT2D eigenvalue weighted by Crippen LogP contribution is -2.49. The summed E-state index contributed by atoms with van der Waals surface area (Å²) in [5.74, 6) is 0.114. The van der Waals surface area contributed by atoms with E-state index in [0.717, 1.165) is 5.56 Å². The van der Waals surface area contributed by atoms with Gasteiger partial charge in [-0.15, -0.1) is 0 Å². The second-order valence-corrected chi connectivity index (χ2v) is 7.94. The third-order valence-electron chi connectivity index (χ3n) is 3.89. The Balaban J connectivity index is 2.07. The molecular formula is C19H24N2O4S. The molecule has 7 heteroatoms. The highest BCUT2D eigenvalue weighted by Gasteiger charge is 2.28. The quantitative estimate of drug-likeness (QED) is 0.740. The third kappa shape index (κ3) is 5.31. The molecule has 0 fully saturated rings. The minimum absolute atomic E-state index is 0.131. The molecular weight excluding hydrogens is 352 g/mol. The van der Waals surface area contributed by atoms with Crippen molar-refractivity contribution in [2.45, 2.75) is 31.3 Å². The summed E-state index contributed by atoms with van der Waals surface area (Å²) in [7, 11) is -2.20. The zero-order valence-corrected chi connectivity index (χ0v) is 15.9. The molecule has 1 atom stereocenters. The monoisotopic (exact) mass is 376 g/mol. The van der Waals surface area contributed by atoms with E-state index in [1.165, 1.54) is 12.1 Å². The summed E-state index contributed by atoms with van der Waals surface area (Å²) in [6, 6.07) is 14.5. The third-order valence-corrected chi connectivity index (χ3v) is 5.34. The summed E-state index contributed by atoms with van der Waals surface area (Å²) in [5.41, 5.74) is 0.867. The maximum Gasteiger partial charge on any atom is 0.241 e. The van der Waals surface area contributed by atoms with Gasteiger partial charge in [-0.3, -0.25) is 4.79 Å². The minimum Gasteiger partial charge on any atom is -0.497 e. The summed E-state index contributed by atoms with van der Waals surface area (Å²) in [4.78, 5) is 12.7. The molecule has 26 heavy (non-hydrogen) atoms. The number of hydrogen-bond donors (Lipinski definition) is 2. The van der Waals surface area contributed by atoms with Gasteiger partial charge in [0, 0.05) is 6.54 Å². The van der Waals surface area contributed by atoms with Crippen molar-refractivity contribution in [1.82, 2.24) is 10.0 Å². The Morgan fingerprint density at radius 3 is 2.38 bits per heavy atom. The van der Waals surface area contributed by atoms with E-state index in [-0.39, 0.29) is 23.3 Å². The Kier molecular flexibility index (Phi) is 6.76. The number of sulfonamides is 1. The largest absolute Gasteiger partial charge is 0.497 e. The Labute approximate surface area is 154 Å². The number of nitrogens with one attached hydrogen (secondary N) is 2. The second-order valence-electron chi connectivity index (χ2n) is 6.23. The van der Waals surface area contributed by atoms with Crippen LogP contribution in [0.4, 0.5) is 0 Å². The number of rotatable bonds is 8. The van der Waals surface area contributed by atoms with Crippen LogP contribution in [0.2, 0.25) is 0 Å². The van der Waals surface area contributed by atoms with Crippen LogP contribution in [0.15, 0.2) is 59.5 Å². The first-order chi connectivity index (χ1) is 12.3. The summed E-state index contributed by atoms with van der Waals surface area (Å²) in [6.45, 7) is 3.87. The molecule has 0 bridgehead atoms. The number of hydrogen-bond acceptors (Lipinski definition) is 4. The molecule has 6 nitrogen and oxygen atoms in total. The number of methoxy groups -OCH3 is 1.